The number of nitrogens with two attached hydrogens (primary N) is 1. The van der Waals surface area contributed by atoms with Crippen LogP contribution in [0.3, 0.4) is 0 Å². The van der Waals surface area contributed by atoms with E-state index in [1.54, 1.807) is 0 Å². The lowest BCUT2D eigenvalue weighted by molar-refractivity contribution is 0.554. The molecule has 2 rings (SSSR count). The largest absolute Gasteiger partial charge is 0.386 e. The Bertz CT molecular complexity index is 193. The number of fused-ring (bicyclic) bond motifs is 1. The fraction of sp³-hybridized carbons (Fsp3) is 0.500. The van der Waals surface area contributed by atoms with Gasteiger partial charge in [-0.15, -0.1) is 0 Å². The van der Waals surface area contributed by atoms with Crippen molar-refractivity contribution in [2.24, 2.45) is 11.7 Å². The smallest absolute Gasteiger partial charge is 0.0302 e. The van der Waals surface area contributed by atoms with Crippen LogP contribution in [-0.2, 0) is 0 Å². The summed E-state index contributed by atoms with van der Waals surface area (Å²) in [6.45, 7) is 0.943. The van der Waals surface area contributed by atoms with Crippen molar-refractivity contribution in [3.05, 3.63) is 23.9 Å². The Morgan fingerprint density at radius 3 is 3.30 bits per heavy atom. The van der Waals surface area contributed by atoms with Crippen LogP contribution in [-0.4, -0.2) is 12.6 Å². The lowest BCUT2D eigenvalue weighted by atomic mass is 9.94. The van der Waals surface area contributed by atoms with Gasteiger partial charge in [0, 0.05) is 24.2 Å². The van der Waals surface area contributed by atoms with E-state index in [-0.39, 0.29) is 0 Å². The lowest BCUT2D eigenvalue weighted by Gasteiger charge is -2.14. The summed E-state index contributed by atoms with van der Waals surface area (Å²) in [4.78, 5) is 0. The first-order valence-electron chi connectivity index (χ1n) is 3.74. The van der Waals surface area contributed by atoms with Crippen LogP contribution in [0.4, 0.5) is 0 Å². The van der Waals surface area contributed by atoms with E-state index in [0.717, 1.165) is 13.0 Å². The highest BCUT2D eigenvalue weighted by atomic mass is 15.0. The van der Waals surface area contributed by atoms with Gasteiger partial charge in [-0.2, -0.15) is 0 Å². The van der Waals surface area contributed by atoms with Crippen molar-refractivity contribution in [1.82, 2.24) is 5.32 Å². The van der Waals surface area contributed by atoms with Crippen molar-refractivity contribution >= 4 is 0 Å². The van der Waals surface area contributed by atoms with E-state index in [0.29, 0.717) is 12.0 Å². The zero-order valence-corrected chi connectivity index (χ0v) is 5.88. The molecule has 1 aliphatic heterocycles. The molecule has 2 nitrogen and oxygen atoms in total. The number of hydrogen-bond acceptors (Lipinski definition) is 2. The molecule has 1 fully saturated rings. The minimum Gasteiger partial charge on any atom is -0.386 e. The summed E-state index contributed by atoms with van der Waals surface area (Å²) in [7, 11) is 0. The minimum atomic E-state index is 0.330. The molecule has 0 aromatic carbocycles. The molecule has 2 unspecified atom stereocenters. The van der Waals surface area contributed by atoms with Crippen LogP contribution in [0.1, 0.15) is 6.42 Å². The average molecular weight is 136 g/mol. The Kier molecular flexibility index (Phi) is 1.27. The molecule has 0 amide bonds. The van der Waals surface area contributed by atoms with E-state index in [4.69, 9.17) is 5.73 Å². The molecule has 0 spiro atoms. The maximum atomic E-state index is 5.85. The molecule has 0 aromatic rings. The Hall–Kier alpha value is -0.760. The van der Waals surface area contributed by atoms with Gasteiger partial charge < -0.3 is 11.1 Å². The molecule has 2 aliphatic rings. The topological polar surface area (TPSA) is 38.0 Å². The second kappa shape index (κ2) is 2.13. The standard InChI is InChI=1S/C8H12N2/c9-7-5-10-8-4-2-1-3-6(7)8/h1-2,4,6-7,10H,3,5,9H2. The SMILES string of the molecule is NC1CNC2=CC=CCC21. The maximum Gasteiger partial charge on any atom is 0.0302 e. The van der Waals surface area contributed by atoms with E-state index in [1.165, 1.54) is 5.70 Å². The van der Waals surface area contributed by atoms with Crippen LogP contribution >= 0.6 is 0 Å². The molecule has 1 saturated heterocycles. The van der Waals surface area contributed by atoms with Gasteiger partial charge in [0.05, 0.1) is 0 Å². The van der Waals surface area contributed by atoms with Crippen LogP contribution in [0.2, 0.25) is 0 Å². The van der Waals surface area contributed by atoms with Crippen molar-refractivity contribution in [3.63, 3.8) is 0 Å². The highest BCUT2D eigenvalue weighted by Crippen LogP contribution is 2.25. The third kappa shape index (κ3) is 0.762. The zero-order valence-electron chi connectivity index (χ0n) is 5.88. The highest BCUT2D eigenvalue weighted by Gasteiger charge is 2.27. The molecule has 0 aromatic heterocycles. The van der Waals surface area contributed by atoms with E-state index >= 15 is 0 Å². The Balaban J connectivity index is 2.23. The minimum absolute atomic E-state index is 0.330. The second-order valence-electron chi connectivity index (χ2n) is 2.94. The fourth-order valence-electron chi connectivity index (χ4n) is 1.62. The second-order valence-corrected chi connectivity index (χ2v) is 2.94. The van der Waals surface area contributed by atoms with Gasteiger partial charge in [0.1, 0.15) is 0 Å². The summed E-state index contributed by atoms with van der Waals surface area (Å²) in [6.07, 6.45) is 7.51. The number of nitrogens with one attached hydrogen (secondary N) is 1. The summed E-state index contributed by atoms with van der Waals surface area (Å²) in [6, 6.07) is 0.330. The molecule has 0 saturated carbocycles. The lowest BCUT2D eigenvalue weighted by Crippen LogP contribution is -2.28. The van der Waals surface area contributed by atoms with Crippen LogP contribution in [0.5, 0.6) is 0 Å². The summed E-state index contributed by atoms with van der Waals surface area (Å²) in [5.41, 5.74) is 7.18. The van der Waals surface area contributed by atoms with Gasteiger partial charge in [-0.25, -0.2) is 0 Å². The average Bonchev–Trinajstić information content (AvgIpc) is 2.34. The summed E-state index contributed by atoms with van der Waals surface area (Å²) < 4.78 is 0. The van der Waals surface area contributed by atoms with Crippen molar-refractivity contribution in [3.8, 4) is 0 Å². The third-order valence-electron chi connectivity index (χ3n) is 2.26. The van der Waals surface area contributed by atoms with E-state index in [9.17, 15) is 0 Å². The monoisotopic (exact) mass is 136 g/mol. The van der Waals surface area contributed by atoms with Gasteiger partial charge >= 0.3 is 0 Å². The normalized spacial score (nSPS) is 36.7. The third-order valence-corrected chi connectivity index (χ3v) is 2.26. The molecule has 1 heterocycles. The van der Waals surface area contributed by atoms with Crippen molar-refractivity contribution in [2.45, 2.75) is 12.5 Å². The predicted molar refractivity (Wildman–Crippen MR) is 41.3 cm³/mol. The first kappa shape index (κ1) is 5.98. The van der Waals surface area contributed by atoms with Crippen LogP contribution in [0.25, 0.3) is 0 Å². The van der Waals surface area contributed by atoms with Crippen LogP contribution in [0, 0.1) is 5.92 Å². The molecular formula is C8H12N2. The van der Waals surface area contributed by atoms with Crippen LogP contribution < -0.4 is 11.1 Å². The van der Waals surface area contributed by atoms with Gasteiger partial charge in [-0.3, -0.25) is 0 Å². The molecule has 54 valence electrons. The van der Waals surface area contributed by atoms with Gasteiger partial charge in [0.15, 0.2) is 0 Å². The quantitative estimate of drug-likeness (QED) is 0.505. The van der Waals surface area contributed by atoms with E-state index in [1.807, 2.05) is 0 Å². The molecule has 0 bridgehead atoms. The van der Waals surface area contributed by atoms with Gasteiger partial charge in [0.2, 0.25) is 0 Å². The van der Waals surface area contributed by atoms with Gasteiger partial charge in [-0.1, -0.05) is 12.2 Å². The molecule has 0 radical (unpaired) electrons. The molecule has 10 heavy (non-hydrogen) atoms. The van der Waals surface area contributed by atoms with Gasteiger partial charge in [-0.05, 0) is 12.5 Å². The van der Waals surface area contributed by atoms with Gasteiger partial charge in [0.25, 0.3) is 0 Å². The highest BCUT2D eigenvalue weighted by molar-refractivity contribution is 5.24. The Morgan fingerprint density at radius 2 is 2.50 bits per heavy atom. The van der Waals surface area contributed by atoms with E-state index in [2.05, 4.69) is 23.5 Å². The number of hydrogen-bond donors (Lipinski definition) is 2. The predicted octanol–water partition coefficient (Wildman–Crippen LogP) is 0.377. The number of rotatable bonds is 0. The van der Waals surface area contributed by atoms with Crippen molar-refractivity contribution in [1.29, 1.82) is 0 Å². The summed E-state index contributed by atoms with van der Waals surface area (Å²) in [5.74, 6) is 0.574. The van der Waals surface area contributed by atoms with Crippen LogP contribution in [0.15, 0.2) is 23.9 Å². The first-order valence-corrected chi connectivity index (χ1v) is 3.74. The molecule has 2 heteroatoms. The summed E-state index contributed by atoms with van der Waals surface area (Å²) >= 11 is 0. The van der Waals surface area contributed by atoms with Crippen molar-refractivity contribution in [2.75, 3.05) is 6.54 Å². The molecular weight excluding hydrogens is 124 g/mol. The first-order chi connectivity index (χ1) is 4.88. The number of allylic oxidation sites excluding steroid dienone is 3. The maximum absolute atomic E-state index is 5.85. The molecule has 1 aliphatic carbocycles. The Labute approximate surface area is 60.8 Å². The summed E-state index contributed by atoms with van der Waals surface area (Å²) in [5, 5.41) is 3.29. The zero-order chi connectivity index (χ0) is 6.97. The molecule has 2 atom stereocenters. The van der Waals surface area contributed by atoms with E-state index < -0.39 is 0 Å². The fourth-order valence-corrected chi connectivity index (χ4v) is 1.62. The molecule has 3 N–H and O–H groups in total. The Morgan fingerprint density at radius 1 is 1.60 bits per heavy atom. The van der Waals surface area contributed by atoms with Crippen molar-refractivity contribution < 1.29 is 0 Å².